The van der Waals surface area contributed by atoms with E-state index in [1.165, 1.54) is 16.7 Å². The normalized spacial score (nSPS) is 18.8. The average Bonchev–Trinajstić information content (AvgIpc) is 3.28. The molecule has 2 aliphatic rings. The highest BCUT2D eigenvalue weighted by molar-refractivity contribution is 5.94. The van der Waals surface area contributed by atoms with Crippen LogP contribution in [0.5, 0.6) is 5.75 Å². The minimum atomic E-state index is 0.0779. The number of nitrogens with zero attached hydrogens (tertiary/aromatic N) is 2. The zero-order valence-corrected chi connectivity index (χ0v) is 20.4. The molecule has 5 heteroatoms. The van der Waals surface area contributed by atoms with Gasteiger partial charge < -0.3 is 14.4 Å². The highest BCUT2D eigenvalue weighted by Crippen LogP contribution is 2.28. The molecule has 0 spiro atoms. The molecule has 1 amide bonds. The van der Waals surface area contributed by atoms with Crippen LogP contribution in [0.25, 0.3) is 0 Å². The first-order valence-electron chi connectivity index (χ1n) is 12.4. The van der Waals surface area contributed by atoms with Crippen molar-refractivity contribution in [2.24, 2.45) is 0 Å². The van der Waals surface area contributed by atoms with Crippen LogP contribution in [-0.2, 0) is 24.1 Å². The lowest BCUT2D eigenvalue weighted by molar-refractivity contribution is 0.0388. The summed E-state index contributed by atoms with van der Waals surface area (Å²) in [4.78, 5) is 17.5. The van der Waals surface area contributed by atoms with E-state index < -0.39 is 0 Å². The van der Waals surface area contributed by atoms with Crippen LogP contribution >= 0.6 is 0 Å². The summed E-state index contributed by atoms with van der Waals surface area (Å²) in [5.41, 5.74) is 4.86. The smallest absolute Gasteiger partial charge is 0.253 e. The second-order valence-corrected chi connectivity index (χ2v) is 9.52. The van der Waals surface area contributed by atoms with E-state index in [0.717, 1.165) is 76.1 Å². The van der Waals surface area contributed by atoms with Crippen LogP contribution in [0.4, 0.5) is 0 Å². The van der Waals surface area contributed by atoms with Gasteiger partial charge in [-0.25, -0.2) is 0 Å². The van der Waals surface area contributed by atoms with Crippen LogP contribution in [-0.4, -0.2) is 61.7 Å². The molecule has 5 nitrogen and oxygen atoms in total. The Kier molecular flexibility index (Phi) is 8.05. The lowest BCUT2D eigenvalue weighted by atomic mass is 10.0. The van der Waals surface area contributed by atoms with Gasteiger partial charge in [0, 0.05) is 45.4 Å². The molecule has 33 heavy (non-hydrogen) atoms. The second kappa shape index (κ2) is 11.2. The molecule has 0 N–H and O–H groups in total. The fourth-order valence-corrected chi connectivity index (χ4v) is 4.98. The lowest BCUT2D eigenvalue weighted by Gasteiger charge is -2.31. The average molecular weight is 451 g/mol. The molecular weight excluding hydrogens is 412 g/mol. The maximum atomic E-state index is 13.1. The third-order valence-corrected chi connectivity index (χ3v) is 7.19. The Bertz CT molecular complexity index is 919. The SMILES string of the molecule is CCCCOc1ccc(C(=O)N(C)[C@@H]2Cc3ccc(CN4CCC(OC)CC4)cc3C2)cc1. The molecular formula is C28H38N2O3. The van der Waals surface area contributed by atoms with E-state index in [4.69, 9.17) is 9.47 Å². The number of methoxy groups -OCH3 is 1. The van der Waals surface area contributed by atoms with Gasteiger partial charge in [-0.1, -0.05) is 31.5 Å². The third kappa shape index (κ3) is 5.96. The number of piperidine rings is 1. The number of fused-ring (bicyclic) bond motifs is 1. The van der Waals surface area contributed by atoms with Gasteiger partial charge in [-0.2, -0.15) is 0 Å². The summed E-state index contributed by atoms with van der Waals surface area (Å²) in [5, 5.41) is 0. The number of rotatable bonds is 9. The monoisotopic (exact) mass is 450 g/mol. The van der Waals surface area contributed by atoms with Crippen LogP contribution in [0.1, 0.15) is 59.7 Å². The van der Waals surface area contributed by atoms with Crippen molar-refractivity contribution in [3.63, 3.8) is 0 Å². The van der Waals surface area contributed by atoms with Crippen molar-refractivity contribution in [2.75, 3.05) is 33.9 Å². The summed E-state index contributed by atoms with van der Waals surface area (Å²) in [5.74, 6) is 0.907. The van der Waals surface area contributed by atoms with Crippen molar-refractivity contribution in [2.45, 2.75) is 64.1 Å². The maximum absolute atomic E-state index is 13.1. The van der Waals surface area contributed by atoms with Crippen molar-refractivity contribution in [3.05, 3.63) is 64.7 Å². The zero-order valence-electron chi connectivity index (χ0n) is 20.4. The number of ether oxygens (including phenoxy) is 2. The number of likely N-dealkylation sites (N-methyl/N-ethyl adjacent to an activating group) is 1. The van der Waals surface area contributed by atoms with Gasteiger partial charge in [0.2, 0.25) is 0 Å². The van der Waals surface area contributed by atoms with Crippen LogP contribution in [0, 0.1) is 0 Å². The van der Waals surface area contributed by atoms with Gasteiger partial charge in [-0.15, -0.1) is 0 Å². The summed E-state index contributed by atoms with van der Waals surface area (Å²) in [6.45, 7) is 6.05. The first kappa shape index (κ1) is 23.8. The molecule has 1 aliphatic carbocycles. The number of carbonyl (C=O) groups excluding carboxylic acids is 1. The predicted octanol–water partition coefficient (Wildman–Crippen LogP) is 4.72. The quantitative estimate of drug-likeness (QED) is 0.519. The number of unbranched alkanes of at least 4 members (excludes halogenated alkanes) is 1. The number of carbonyl (C=O) groups is 1. The molecule has 1 saturated heterocycles. The summed E-state index contributed by atoms with van der Waals surface area (Å²) >= 11 is 0. The van der Waals surface area contributed by atoms with Crippen molar-refractivity contribution in [1.29, 1.82) is 0 Å². The predicted molar refractivity (Wildman–Crippen MR) is 132 cm³/mol. The molecule has 0 aromatic heterocycles. The Labute approximate surface area is 198 Å². The molecule has 2 aromatic carbocycles. The van der Waals surface area contributed by atoms with E-state index in [-0.39, 0.29) is 11.9 Å². The molecule has 1 aliphatic heterocycles. The van der Waals surface area contributed by atoms with Crippen molar-refractivity contribution < 1.29 is 14.3 Å². The van der Waals surface area contributed by atoms with E-state index in [9.17, 15) is 4.79 Å². The third-order valence-electron chi connectivity index (χ3n) is 7.19. The molecule has 0 radical (unpaired) electrons. The fraction of sp³-hybridized carbons (Fsp3) is 0.536. The van der Waals surface area contributed by atoms with Gasteiger partial charge in [0.15, 0.2) is 0 Å². The van der Waals surface area contributed by atoms with Crippen LogP contribution in [0.2, 0.25) is 0 Å². The van der Waals surface area contributed by atoms with E-state index in [0.29, 0.717) is 6.10 Å². The minimum absolute atomic E-state index is 0.0779. The molecule has 0 bridgehead atoms. The molecule has 4 rings (SSSR count). The second-order valence-electron chi connectivity index (χ2n) is 9.52. The first-order chi connectivity index (χ1) is 16.1. The van der Waals surface area contributed by atoms with E-state index >= 15 is 0 Å². The summed E-state index contributed by atoms with van der Waals surface area (Å²) in [7, 11) is 3.75. The van der Waals surface area contributed by atoms with Gasteiger partial charge >= 0.3 is 0 Å². The van der Waals surface area contributed by atoms with Gasteiger partial charge in [0.25, 0.3) is 5.91 Å². The number of likely N-dealkylation sites (tertiary alicyclic amines) is 1. The Balaban J connectivity index is 1.32. The lowest BCUT2D eigenvalue weighted by Crippen LogP contribution is -2.37. The molecule has 1 heterocycles. The zero-order chi connectivity index (χ0) is 23.2. The van der Waals surface area contributed by atoms with Crippen molar-refractivity contribution in [1.82, 2.24) is 9.80 Å². The largest absolute Gasteiger partial charge is 0.494 e. The molecule has 0 saturated carbocycles. The summed E-state index contributed by atoms with van der Waals surface area (Å²) in [6, 6.07) is 14.7. The molecule has 1 fully saturated rings. The summed E-state index contributed by atoms with van der Waals surface area (Å²) in [6.07, 6.45) is 6.65. The van der Waals surface area contributed by atoms with E-state index in [1.54, 1.807) is 0 Å². The molecule has 178 valence electrons. The van der Waals surface area contributed by atoms with Gasteiger partial charge in [0.05, 0.1) is 12.7 Å². The number of benzene rings is 2. The standard InChI is InChI=1S/C28H38N2O3/c1-4-5-16-33-27-10-8-22(9-11-27)28(31)29(2)25-18-23-7-6-21(17-24(23)19-25)20-30-14-12-26(32-3)13-15-30/h6-11,17,25-26H,4-5,12-16,18-20H2,1-3H3/t25-/m1/s1. The maximum Gasteiger partial charge on any atom is 0.253 e. The minimum Gasteiger partial charge on any atom is -0.494 e. The number of amides is 1. The first-order valence-corrected chi connectivity index (χ1v) is 12.4. The highest BCUT2D eigenvalue weighted by Gasteiger charge is 2.28. The molecule has 0 unspecified atom stereocenters. The van der Waals surface area contributed by atoms with Crippen LogP contribution in [0.3, 0.4) is 0 Å². The van der Waals surface area contributed by atoms with Crippen LogP contribution < -0.4 is 4.74 Å². The molecule has 1 atom stereocenters. The highest BCUT2D eigenvalue weighted by atomic mass is 16.5. The topological polar surface area (TPSA) is 42.0 Å². The van der Waals surface area contributed by atoms with Gasteiger partial charge in [-0.3, -0.25) is 9.69 Å². The van der Waals surface area contributed by atoms with Crippen molar-refractivity contribution in [3.8, 4) is 5.75 Å². The number of hydrogen-bond donors (Lipinski definition) is 0. The Morgan fingerprint density at radius 2 is 1.79 bits per heavy atom. The Hall–Kier alpha value is -2.37. The van der Waals surface area contributed by atoms with Gasteiger partial charge in [0.1, 0.15) is 5.75 Å². The Morgan fingerprint density at radius 3 is 2.48 bits per heavy atom. The summed E-state index contributed by atoms with van der Waals surface area (Å²) < 4.78 is 11.2. The van der Waals surface area contributed by atoms with Crippen LogP contribution in [0.15, 0.2) is 42.5 Å². The number of hydrogen-bond acceptors (Lipinski definition) is 4. The van der Waals surface area contributed by atoms with E-state index in [2.05, 4.69) is 30.0 Å². The fourth-order valence-electron chi connectivity index (χ4n) is 4.98. The van der Waals surface area contributed by atoms with E-state index in [1.807, 2.05) is 43.3 Å². The van der Waals surface area contributed by atoms with Gasteiger partial charge in [-0.05, 0) is 73.1 Å². The Morgan fingerprint density at radius 1 is 1.06 bits per heavy atom. The molecule has 2 aromatic rings. The van der Waals surface area contributed by atoms with Crippen molar-refractivity contribution >= 4 is 5.91 Å².